The van der Waals surface area contributed by atoms with Gasteiger partial charge in [-0.25, -0.2) is 0 Å². The van der Waals surface area contributed by atoms with Gasteiger partial charge in [-0.15, -0.1) is 0 Å². The van der Waals surface area contributed by atoms with Crippen LogP contribution in [-0.4, -0.2) is 9.13 Å². The van der Waals surface area contributed by atoms with Crippen LogP contribution in [-0.2, 0) is 0 Å². The van der Waals surface area contributed by atoms with Gasteiger partial charge in [0.25, 0.3) is 0 Å². The van der Waals surface area contributed by atoms with Crippen molar-refractivity contribution in [3.05, 3.63) is 249 Å². The van der Waals surface area contributed by atoms with Crippen LogP contribution in [0.15, 0.2) is 249 Å². The molecule has 2 heterocycles. The minimum Gasteiger partial charge on any atom is -0.310 e. The van der Waals surface area contributed by atoms with Crippen molar-refractivity contribution in [2.24, 2.45) is 0 Å². The van der Waals surface area contributed by atoms with E-state index in [1.165, 1.54) is 97.2 Å². The SMILES string of the molecule is c1ccc(-n2c3ccccc3c3ccc(-n4c5ccccc5c5c(N(c6ccc7c8ccccc8c8ccccc8c7c6)c6ccc7c8ccccc8c8ccccc8c7c6)cccc54)cc32)cc1. The van der Waals surface area contributed by atoms with Crippen molar-refractivity contribution in [3.63, 3.8) is 0 Å². The monoisotopic (exact) mass is 875 g/mol. The van der Waals surface area contributed by atoms with Gasteiger partial charge in [0.05, 0.1) is 27.8 Å². The maximum Gasteiger partial charge on any atom is 0.0562 e. The van der Waals surface area contributed by atoms with E-state index in [0.717, 1.165) is 39.5 Å². The van der Waals surface area contributed by atoms with Gasteiger partial charge < -0.3 is 14.0 Å². The zero-order chi connectivity index (χ0) is 45.2. The third-order valence-corrected chi connectivity index (χ3v) is 14.8. The summed E-state index contributed by atoms with van der Waals surface area (Å²) >= 11 is 0. The summed E-state index contributed by atoms with van der Waals surface area (Å²) in [5.41, 5.74) is 10.3. The number of hydrogen-bond acceptors (Lipinski definition) is 1. The first kappa shape index (κ1) is 38.0. The van der Waals surface area contributed by atoms with Crippen molar-refractivity contribution >= 4 is 125 Å². The van der Waals surface area contributed by atoms with Crippen molar-refractivity contribution in [1.29, 1.82) is 0 Å². The molecule has 0 unspecified atom stereocenters. The number of anilines is 3. The molecule has 0 N–H and O–H groups in total. The Labute approximate surface area is 397 Å². The van der Waals surface area contributed by atoms with Crippen molar-refractivity contribution < 1.29 is 0 Å². The zero-order valence-electron chi connectivity index (χ0n) is 37.5. The predicted octanol–water partition coefficient (Wildman–Crippen LogP) is 18.3. The van der Waals surface area contributed by atoms with Crippen molar-refractivity contribution in [1.82, 2.24) is 9.13 Å². The van der Waals surface area contributed by atoms with E-state index in [2.05, 4.69) is 263 Å². The lowest BCUT2D eigenvalue weighted by Crippen LogP contribution is -2.10. The fourth-order valence-electron chi connectivity index (χ4n) is 11.9. The summed E-state index contributed by atoms with van der Waals surface area (Å²) < 4.78 is 4.88. The Balaban J connectivity index is 1.03. The standard InChI is InChI=1S/C66H41N3/c1-2-17-42(18-3-1)68-61-29-14-12-27-56(61)57-38-35-45(41-65(57)68)69-62-30-15-13-28-58(62)66-63(31-16-32-64(66)69)67(43-33-36-54-50-23-6-4-19-46(50)48-21-8-10-25-52(48)59(54)39-43)44-34-37-55-51-24-7-5-20-47(51)49-22-9-11-26-53(49)60(55)40-44/h1-41H. The smallest absolute Gasteiger partial charge is 0.0562 e. The average molecular weight is 876 g/mol. The first-order valence-corrected chi connectivity index (χ1v) is 23.8. The highest BCUT2D eigenvalue weighted by Gasteiger charge is 2.24. The summed E-state index contributed by atoms with van der Waals surface area (Å²) in [5.74, 6) is 0. The van der Waals surface area contributed by atoms with Crippen LogP contribution in [0, 0.1) is 0 Å². The predicted molar refractivity (Wildman–Crippen MR) is 295 cm³/mol. The van der Waals surface area contributed by atoms with Crippen molar-refractivity contribution in [2.75, 3.05) is 4.90 Å². The minimum absolute atomic E-state index is 1.10. The Kier molecular flexibility index (Phi) is 8.07. The molecule has 0 spiro atoms. The van der Waals surface area contributed by atoms with Gasteiger partial charge >= 0.3 is 0 Å². The number of para-hydroxylation sites is 3. The second kappa shape index (κ2) is 14.7. The first-order valence-electron chi connectivity index (χ1n) is 23.8. The number of rotatable bonds is 5. The molecule has 13 aromatic carbocycles. The van der Waals surface area contributed by atoms with Crippen molar-refractivity contribution in [3.8, 4) is 11.4 Å². The molecule has 69 heavy (non-hydrogen) atoms. The van der Waals surface area contributed by atoms with Gasteiger partial charge in [-0.3, -0.25) is 0 Å². The van der Waals surface area contributed by atoms with Crippen molar-refractivity contribution in [2.45, 2.75) is 0 Å². The number of nitrogens with zero attached hydrogens (tertiary/aromatic N) is 3. The normalized spacial score (nSPS) is 12.1. The van der Waals surface area contributed by atoms with E-state index < -0.39 is 0 Å². The molecule has 0 aliphatic heterocycles. The number of fused-ring (bicyclic) bond motifs is 18. The molecular formula is C66H41N3. The summed E-state index contributed by atoms with van der Waals surface area (Å²) in [6, 6.07) is 92.0. The zero-order valence-corrected chi connectivity index (χ0v) is 37.5. The van der Waals surface area contributed by atoms with Crippen LogP contribution >= 0.6 is 0 Å². The first-order chi connectivity index (χ1) is 34.3. The van der Waals surface area contributed by atoms with E-state index in [9.17, 15) is 0 Å². The van der Waals surface area contributed by atoms with Crippen LogP contribution in [0.2, 0.25) is 0 Å². The number of hydrogen-bond donors (Lipinski definition) is 0. The lowest BCUT2D eigenvalue weighted by molar-refractivity contribution is 1.15. The van der Waals surface area contributed by atoms with E-state index in [1.54, 1.807) is 0 Å². The van der Waals surface area contributed by atoms with Crippen LogP contribution in [0.1, 0.15) is 0 Å². The Bertz CT molecular complexity index is 4380. The second-order valence-corrected chi connectivity index (χ2v) is 18.4. The highest BCUT2D eigenvalue weighted by atomic mass is 15.1. The number of benzene rings is 13. The molecule has 15 aromatic rings. The Hall–Kier alpha value is -9.18. The topological polar surface area (TPSA) is 13.1 Å². The lowest BCUT2D eigenvalue weighted by Gasteiger charge is -2.28. The Morgan fingerprint density at radius 1 is 0.217 bits per heavy atom. The fraction of sp³-hybridized carbons (Fsp3) is 0. The van der Waals surface area contributed by atoms with Crippen LogP contribution in [0.4, 0.5) is 17.1 Å². The second-order valence-electron chi connectivity index (χ2n) is 18.4. The highest BCUT2D eigenvalue weighted by Crippen LogP contribution is 2.48. The molecule has 0 aliphatic carbocycles. The molecule has 0 saturated heterocycles. The van der Waals surface area contributed by atoms with Gasteiger partial charge in [0.15, 0.2) is 0 Å². The quantitative estimate of drug-likeness (QED) is 0.157. The van der Waals surface area contributed by atoms with E-state index >= 15 is 0 Å². The fourth-order valence-corrected chi connectivity index (χ4v) is 11.9. The summed E-state index contributed by atoms with van der Waals surface area (Å²) in [6.07, 6.45) is 0. The van der Waals surface area contributed by atoms with Crippen LogP contribution in [0.25, 0.3) is 120 Å². The molecule has 0 atom stereocenters. The summed E-state index contributed by atoms with van der Waals surface area (Å²) in [5, 5.41) is 20.0. The molecular weight excluding hydrogens is 835 g/mol. The summed E-state index contributed by atoms with van der Waals surface area (Å²) in [6.45, 7) is 0. The van der Waals surface area contributed by atoms with Gasteiger partial charge in [0.1, 0.15) is 0 Å². The van der Waals surface area contributed by atoms with Gasteiger partial charge in [0, 0.05) is 44.3 Å². The van der Waals surface area contributed by atoms with Crippen LogP contribution < -0.4 is 4.90 Å². The molecule has 0 fully saturated rings. The molecule has 3 heteroatoms. The van der Waals surface area contributed by atoms with Gasteiger partial charge in [0.2, 0.25) is 0 Å². The van der Waals surface area contributed by atoms with Gasteiger partial charge in [-0.1, -0.05) is 176 Å². The molecule has 0 radical (unpaired) electrons. The molecule has 3 nitrogen and oxygen atoms in total. The van der Waals surface area contributed by atoms with Crippen LogP contribution in [0.5, 0.6) is 0 Å². The molecule has 0 bridgehead atoms. The molecule has 320 valence electrons. The Morgan fingerprint density at radius 3 is 1.13 bits per heavy atom. The van der Waals surface area contributed by atoms with E-state index in [-0.39, 0.29) is 0 Å². The molecule has 0 saturated carbocycles. The van der Waals surface area contributed by atoms with Gasteiger partial charge in [-0.05, 0) is 137 Å². The van der Waals surface area contributed by atoms with Gasteiger partial charge in [-0.2, -0.15) is 0 Å². The minimum atomic E-state index is 1.10. The van der Waals surface area contributed by atoms with Crippen LogP contribution in [0.3, 0.4) is 0 Å². The van der Waals surface area contributed by atoms with E-state index in [1.807, 2.05) is 0 Å². The third-order valence-electron chi connectivity index (χ3n) is 14.8. The summed E-state index contributed by atoms with van der Waals surface area (Å²) in [4.78, 5) is 2.52. The molecule has 15 rings (SSSR count). The maximum atomic E-state index is 2.52. The molecule has 0 aliphatic rings. The molecule has 0 amide bonds. The maximum absolute atomic E-state index is 2.52. The summed E-state index contributed by atoms with van der Waals surface area (Å²) in [7, 11) is 0. The molecule has 2 aromatic heterocycles. The third kappa shape index (κ3) is 5.50. The van der Waals surface area contributed by atoms with E-state index in [0.29, 0.717) is 0 Å². The largest absolute Gasteiger partial charge is 0.310 e. The highest BCUT2D eigenvalue weighted by molar-refractivity contribution is 6.28. The Morgan fingerprint density at radius 2 is 0.594 bits per heavy atom. The lowest BCUT2D eigenvalue weighted by atomic mass is 9.93. The average Bonchev–Trinajstić information content (AvgIpc) is 3.94. The number of aromatic nitrogens is 2. The van der Waals surface area contributed by atoms with E-state index in [4.69, 9.17) is 0 Å².